The van der Waals surface area contributed by atoms with Gasteiger partial charge in [-0.05, 0) is 38.1 Å². The van der Waals surface area contributed by atoms with Crippen molar-refractivity contribution in [1.82, 2.24) is 0 Å². The third-order valence-corrected chi connectivity index (χ3v) is 4.36. The first-order valence-electron chi connectivity index (χ1n) is 8.64. The highest BCUT2D eigenvalue weighted by Gasteiger charge is 2.56. The summed E-state index contributed by atoms with van der Waals surface area (Å²) in [5, 5.41) is 30.6. The molecule has 0 aromatic heterocycles. The van der Waals surface area contributed by atoms with Crippen molar-refractivity contribution in [1.29, 1.82) is 0 Å². The zero-order chi connectivity index (χ0) is 21.0. The zero-order valence-electron chi connectivity index (χ0n) is 16.3. The van der Waals surface area contributed by atoms with Crippen LogP contribution in [0.5, 0.6) is 5.75 Å². The first-order valence-corrected chi connectivity index (χ1v) is 9.17. The van der Waals surface area contributed by atoms with Crippen LogP contribution in [0.3, 0.4) is 0 Å². The van der Waals surface area contributed by atoms with E-state index in [1.165, 1.54) is 20.8 Å². The number of alkyl halides is 1. The molecule has 3 N–H and O–H groups in total. The summed E-state index contributed by atoms with van der Waals surface area (Å²) in [6.07, 6.45) is -2.19. The number of aliphatic hydroxyl groups is 2. The molecule has 0 unspecified atom stereocenters. The summed E-state index contributed by atoms with van der Waals surface area (Å²) in [6.45, 7) is 8.09. The number of halogens is 1. The van der Waals surface area contributed by atoms with Crippen LogP contribution in [0.1, 0.15) is 34.6 Å². The Morgan fingerprint density at radius 1 is 1.19 bits per heavy atom. The SMILES string of the molecule is CC(C)Oc1ccc(N(CCCl)C(=O)[C@H](O)[C@@](O)(C(=O)O)C(C)(C)C)cc1. The number of benzene rings is 1. The van der Waals surface area contributed by atoms with Crippen molar-refractivity contribution >= 4 is 29.2 Å². The van der Waals surface area contributed by atoms with Gasteiger partial charge in [0.1, 0.15) is 5.75 Å². The smallest absolute Gasteiger partial charge is 0.339 e. The van der Waals surface area contributed by atoms with Gasteiger partial charge in [-0.1, -0.05) is 20.8 Å². The first-order chi connectivity index (χ1) is 12.4. The van der Waals surface area contributed by atoms with Gasteiger partial charge in [-0.15, -0.1) is 11.6 Å². The molecule has 0 radical (unpaired) electrons. The molecule has 8 heteroatoms. The Balaban J connectivity index is 3.22. The number of aliphatic hydroxyl groups excluding tert-OH is 1. The summed E-state index contributed by atoms with van der Waals surface area (Å²) in [7, 11) is 0. The molecule has 1 amide bonds. The second kappa shape index (κ2) is 8.91. The third kappa shape index (κ3) is 5.12. The number of anilines is 1. The number of rotatable bonds is 8. The number of nitrogens with zero attached hydrogens (tertiary/aromatic N) is 1. The summed E-state index contributed by atoms with van der Waals surface area (Å²) < 4.78 is 5.55. The molecule has 1 aromatic carbocycles. The molecule has 0 aliphatic heterocycles. The fourth-order valence-corrected chi connectivity index (χ4v) is 2.77. The molecule has 0 aliphatic carbocycles. The molecule has 27 heavy (non-hydrogen) atoms. The number of hydrogen-bond donors (Lipinski definition) is 3. The van der Waals surface area contributed by atoms with Crippen molar-refractivity contribution in [2.45, 2.75) is 52.4 Å². The van der Waals surface area contributed by atoms with E-state index in [1.807, 2.05) is 13.8 Å². The lowest BCUT2D eigenvalue weighted by Gasteiger charge is -2.40. The van der Waals surface area contributed by atoms with Gasteiger partial charge in [-0.2, -0.15) is 0 Å². The van der Waals surface area contributed by atoms with Crippen LogP contribution in [-0.2, 0) is 9.59 Å². The van der Waals surface area contributed by atoms with Gasteiger partial charge in [0, 0.05) is 23.5 Å². The molecular weight excluding hydrogens is 374 g/mol. The second-order valence-corrected chi connectivity index (χ2v) is 7.94. The van der Waals surface area contributed by atoms with Crippen LogP contribution >= 0.6 is 11.6 Å². The minimum absolute atomic E-state index is 0.0180. The predicted octanol–water partition coefficient (Wildman–Crippen LogP) is 2.27. The topological polar surface area (TPSA) is 107 Å². The fourth-order valence-electron chi connectivity index (χ4n) is 2.60. The van der Waals surface area contributed by atoms with Crippen LogP contribution in [0.2, 0.25) is 0 Å². The highest BCUT2D eigenvalue weighted by atomic mass is 35.5. The van der Waals surface area contributed by atoms with E-state index < -0.39 is 29.0 Å². The lowest BCUT2D eigenvalue weighted by molar-refractivity contribution is -0.194. The Morgan fingerprint density at radius 3 is 2.07 bits per heavy atom. The quantitative estimate of drug-likeness (QED) is 0.577. The Labute approximate surface area is 164 Å². The minimum atomic E-state index is -2.67. The fraction of sp³-hybridized carbons (Fsp3) is 0.579. The summed E-state index contributed by atoms with van der Waals surface area (Å²) in [5.41, 5.74) is -3.57. The number of amides is 1. The summed E-state index contributed by atoms with van der Waals surface area (Å²) >= 11 is 5.78. The summed E-state index contributed by atoms with van der Waals surface area (Å²) in [5.74, 6) is -1.97. The van der Waals surface area contributed by atoms with Crippen LogP contribution in [0.25, 0.3) is 0 Å². The molecule has 0 heterocycles. The van der Waals surface area contributed by atoms with Crippen molar-refractivity contribution in [3.63, 3.8) is 0 Å². The molecule has 7 nitrogen and oxygen atoms in total. The van der Waals surface area contributed by atoms with E-state index in [0.29, 0.717) is 11.4 Å². The van der Waals surface area contributed by atoms with Crippen LogP contribution in [0.15, 0.2) is 24.3 Å². The average molecular weight is 402 g/mol. The highest BCUT2D eigenvalue weighted by molar-refractivity contribution is 6.18. The molecule has 0 bridgehead atoms. The molecule has 1 aromatic rings. The van der Waals surface area contributed by atoms with E-state index in [1.54, 1.807) is 24.3 Å². The Morgan fingerprint density at radius 2 is 1.70 bits per heavy atom. The van der Waals surface area contributed by atoms with Crippen LogP contribution in [0, 0.1) is 5.41 Å². The van der Waals surface area contributed by atoms with Gasteiger partial charge in [0.05, 0.1) is 6.10 Å². The van der Waals surface area contributed by atoms with E-state index in [0.717, 1.165) is 4.90 Å². The van der Waals surface area contributed by atoms with Gasteiger partial charge in [-0.3, -0.25) is 4.79 Å². The lowest BCUT2D eigenvalue weighted by atomic mass is 9.72. The van der Waals surface area contributed by atoms with E-state index in [2.05, 4.69) is 0 Å². The molecule has 0 fully saturated rings. The van der Waals surface area contributed by atoms with Crippen LogP contribution < -0.4 is 9.64 Å². The largest absolute Gasteiger partial charge is 0.491 e. The van der Waals surface area contributed by atoms with Gasteiger partial charge in [-0.25, -0.2) is 4.79 Å². The highest BCUT2D eigenvalue weighted by Crippen LogP contribution is 2.35. The average Bonchev–Trinajstić information content (AvgIpc) is 2.56. The van der Waals surface area contributed by atoms with Crippen molar-refractivity contribution < 1.29 is 29.6 Å². The van der Waals surface area contributed by atoms with Crippen molar-refractivity contribution in [2.75, 3.05) is 17.3 Å². The van der Waals surface area contributed by atoms with E-state index >= 15 is 0 Å². The Hall–Kier alpha value is -1.83. The molecule has 0 saturated heterocycles. The molecular formula is C19H28ClNO6. The number of hydrogen-bond acceptors (Lipinski definition) is 5. The first kappa shape index (κ1) is 23.2. The van der Waals surface area contributed by atoms with Crippen LogP contribution in [-0.4, -0.2) is 57.4 Å². The normalized spacial score (nSPS) is 15.1. The van der Waals surface area contributed by atoms with E-state index in [-0.39, 0.29) is 18.5 Å². The predicted molar refractivity (Wildman–Crippen MR) is 103 cm³/mol. The van der Waals surface area contributed by atoms with E-state index in [4.69, 9.17) is 16.3 Å². The standard InChI is InChI=1S/C19H28ClNO6/c1-12(2)27-14-8-6-13(7-9-14)21(11-10-20)16(23)15(22)19(26,17(24)25)18(3,4)5/h6-9,12,15,22,26H,10-11H2,1-5H3,(H,24,25)/t15-,19+/m0/s1. The Bertz CT molecular complexity index is 655. The van der Waals surface area contributed by atoms with Gasteiger partial charge in [0.15, 0.2) is 6.10 Å². The zero-order valence-corrected chi connectivity index (χ0v) is 17.0. The molecule has 152 valence electrons. The van der Waals surface area contributed by atoms with Crippen molar-refractivity contribution in [3.8, 4) is 5.75 Å². The van der Waals surface area contributed by atoms with Gasteiger partial charge < -0.3 is 25.0 Å². The number of carboxylic acid groups (broad SMARTS) is 1. The maximum Gasteiger partial charge on any atom is 0.339 e. The number of ether oxygens (including phenoxy) is 1. The maximum atomic E-state index is 12.9. The minimum Gasteiger partial charge on any atom is -0.491 e. The second-order valence-electron chi connectivity index (χ2n) is 7.56. The number of carbonyl (C=O) groups excluding carboxylic acids is 1. The van der Waals surface area contributed by atoms with Gasteiger partial charge >= 0.3 is 5.97 Å². The maximum absolute atomic E-state index is 12.9. The summed E-state index contributed by atoms with van der Waals surface area (Å²) in [6, 6.07) is 6.52. The lowest BCUT2D eigenvalue weighted by Crippen LogP contribution is -2.63. The van der Waals surface area contributed by atoms with Crippen LogP contribution in [0.4, 0.5) is 5.69 Å². The molecule has 0 saturated carbocycles. The van der Waals surface area contributed by atoms with Gasteiger partial charge in [0.25, 0.3) is 5.91 Å². The number of aliphatic carboxylic acids is 1. The Kier molecular flexibility index (Phi) is 7.66. The van der Waals surface area contributed by atoms with Crippen molar-refractivity contribution in [2.24, 2.45) is 5.41 Å². The molecule has 1 rings (SSSR count). The monoisotopic (exact) mass is 401 g/mol. The molecule has 0 spiro atoms. The molecule has 0 aliphatic rings. The third-order valence-electron chi connectivity index (χ3n) is 4.19. The summed E-state index contributed by atoms with van der Waals surface area (Å²) in [4.78, 5) is 25.7. The number of carbonyl (C=O) groups is 2. The molecule has 2 atom stereocenters. The van der Waals surface area contributed by atoms with Crippen molar-refractivity contribution in [3.05, 3.63) is 24.3 Å². The van der Waals surface area contributed by atoms with Gasteiger partial charge in [0.2, 0.25) is 5.60 Å². The van der Waals surface area contributed by atoms with E-state index in [9.17, 15) is 24.9 Å². The number of carboxylic acids is 1.